The molecule has 0 radical (unpaired) electrons. The third-order valence-electron chi connectivity index (χ3n) is 10.9. The molecule has 2 aromatic rings. The van der Waals surface area contributed by atoms with Gasteiger partial charge in [0.15, 0.2) is 0 Å². The maximum atomic E-state index is 13.4. The van der Waals surface area contributed by atoms with Gasteiger partial charge in [0.2, 0.25) is 15.7 Å². The Morgan fingerprint density at radius 3 is 2.27 bits per heavy atom. The number of anilines is 1. The average Bonchev–Trinajstić information content (AvgIpc) is 3.51. The summed E-state index contributed by atoms with van der Waals surface area (Å²) >= 11 is 0. The second-order valence-corrected chi connectivity index (χ2v) is 15.6. The van der Waals surface area contributed by atoms with Crippen LogP contribution in [0.2, 0.25) is 0 Å². The second kappa shape index (κ2) is 14.3. The molecule has 2 saturated carbocycles. The van der Waals surface area contributed by atoms with E-state index in [9.17, 15) is 13.2 Å². The molecule has 2 aliphatic carbocycles. The Bertz CT molecular complexity index is 1350. The maximum Gasteiger partial charge on any atom is 0.223 e. The molecule has 3 unspecified atom stereocenters. The monoisotopic (exact) mass is 621 g/mol. The van der Waals surface area contributed by atoms with E-state index in [1.165, 1.54) is 64.2 Å². The molecule has 4 fully saturated rings. The van der Waals surface area contributed by atoms with Gasteiger partial charge in [-0.05, 0) is 93.2 Å². The van der Waals surface area contributed by atoms with Crippen LogP contribution in [0.5, 0.6) is 0 Å². The summed E-state index contributed by atoms with van der Waals surface area (Å²) in [6.45, 7) is 2.92. The fraction of sp³-hybridized carbons (Fsp3) is 0.639. The van der Waals surface area contributed by atoms with Crippen molar-refractivity contribution in [2.24, 2.45) is 11.8 Å². The van der Waals surface area contributed by atoms with Crippen LogP contribution in [-0.2, 0) is 25.9 Å². The van der Waals surface area contributed by atoms with E-state index < -0.39 is 9.84 Å². The zero-order chi connectivity index (χ0) is 30.4. The number of carbonyl (C=O) groups excluding carboxylic acids is 1. The van der Waals surface area contributed by atoms with Crippen molar-refractivity contribution in [2.75, 3.05) is 24.7 Å². The third-order valence-corrected chi connectivity index (χ3v) is 12.7. The number of sulfone groups is 1. The van der Waals surface area contributed by atoms with Gasteiger partial charge < -0.3 is 15.0 Å². The predicted molar refractivity (Wildman–Crippen MR) is 174 cm³/mol. The number of rotatable bonds is 7. The van der Waals surface area contributed by atoms with Gasteiger partial charge in [0.25, 0.3) is 0 Å². The van der Waals surface area contributed by atoms with E-state index in [1.54, 1.807) is 24.3 Å². The van der Waals surface area contributed by atoms with E-state index in [0.717, 1.165) is 56.4 Å². The number of nitrogens with one attached hydrogen (secondary N) is 2. The van der Waals surface area contributed by atoms with Crippen LogP contribution in [0.1, 0.15) is 102 Å². The van der Waals surface area contributed by atoms with Gasteiger partial charge in [-0.1, -0.05) is 63.1 Å². The molecular formula is C36H51N3O4S. The second-order valence-electron chi connectivity index (χ2n) is 13.6. The van der Waals surface area contributed by atoms with Crippen LogP contribution >= 0.6 is 0 Å². The quantitative estimate of drug-likeness (QED) is 0.356. The fourth-order valence-electron chi connectivity index (χ4n) is 8.29. The molecule has 0 spiro atoms. The summed E-state index contributed by atoms with van der Waals surface area (Å²) in [6.07, 6.45) is 18.2. The minimum absolute atomic E-state index is 0.0184. The SMILES string of the molecule is O=C(NCc1ccc(S(=O)(=O)c2cccc(N3CCCCC3)c2)cc1)C1CCC2(C3CCCCCCCCC3)NCOC2C1. The number of fused-ring (bicyclic) bond motifs is 1. The van der Waals surface area contributed by atoms with E-state index in [-0.39, 0.29) is 28.4 Å². The highest BCUT2D eigenvalue weighted by Crippen LogP contribution is 2.45. The van der Waals surface area contributed by atoms with Gasteiger partial charge in [-0.3, -0.25) is 10.1 Å². The van der Waals surface area contributed by atoms with Crippen LogP contribution < -0.4 is 15.5 Å². The first-order chi connectivity index (χ1) is 21.5. The van der Waals surface area contributed by atoms with Gasteiger partial charge in [0.05, 0.1) is 22.6 Å². The van der Waals surface area contributed by atoms with Gasteiger partial charge in [-0.2, -0.15) is 0 Å². The minimum Gasteiger partial charge on any atom is -0.372 e. The number of nitrogens with zero attached hydrogens (tertiary/aromatic N) is 1. The molecule has 3 atom stereocenters. The van der Waals surface area contributed by atoms with Gasteiger partial charge in [0.1, 0.15) is 0 Å². The number of amides is 1. The van der Waals surface area contributed by atoms with Crippen molar-refractivity contribution in [1.29, 1.82) is 0 Å². The molecule has 44 heavy (non-hydrogen) atoms. The first-order valence-corrected chi connectivity index (χ1v) is 18.8. The molecule has 8 heteroatoms. The zero-order valence-corrected chi connectivity index (χ0v) is 27.1. The smallest absolute Gasteiger partial charge is 0.223 e. The van der Waals surface area contributed by atoms with E-state index in [0.29, 0.717) is 24.1 Å². The summed E-state index contributed by atoms with van der Waals surface area (Å²) in [4.78, 5) is 16.2. The Balaban J connectivity index is 1.04. The molecular weight excluding hydrogens is 570 g/mol. The topological polar surface area (TPSA) is 87.7 Å². The van der Waals surface area contributed by atoms with Gasteiger partial charge in [-0.15, -0.1) is 0 Å². The molecule has 4 aliphatic rings. The van der Waals surface area contributed by atoms with Crippen molar-refractivity contribution in [2.45, 2.75) is 124 Å². The van der Waals surface area contributed by atoms with Crippen molar-refractivity contribution in [3.05, 3.63) is 54.1 Å². The molecule has 2 aliphatic heterocycles. The summed E-state index contributed by atoms with van der Waals surface area (Å²) in [5, 5.41) is 6.92. The Morgan fingerprint density at radius 1 is 0.864 bits per heavy atom. The molecule has 7 nitrogen and oxygen atoms in total. The van der Waals surface area contributed by atoms with Crippen molar-refractivity contribution < 1.29 is 17.9 Å². The molecule has 2 saturated heterocycles. The number of hydrogen-bond donors (Lipinski definition) is 2. The van der Waals surface area contributed by atoms with Gasteiger partial charge >= 0.3 is 0 Å². The molecule has 1 amide bonds. The average molecular weight is 622 g/mol. The van der Waals surface area contributed by atoms with Crippen LogP contribution in [-0.4, -0.2) is 45.8 Å². The zero-order valence-electron chi connectivity index (χ0n) is 26.3. The Labute approximate surface area is 264 Å². The summed E-state index contributed by atoms with van der Waals surface area (Å²) in [5.41, 5.74) is 1.88. The first-order valence-electron chi connectivity index (χ1n) is 17.3. The van der Waals surface area contributed by atoms with Crippen LogP contribution in [0, 0.1) is 11.8 Å². The summed E-state index contributed by atoms with van der Waals surface area (Å²) in [5.74, 6) is 0.643. The van der Waals surface area contributed by atoms with Crippen LogP contribution in [0.15, 0.2) is 58.3 Å². The molecule has 2 aromatic carbocycles. The third kappa shape index (κ3) is 7.02. The lowest BCUT2D eigenvalue weighted by molar-refractivity contribution is -0.128. The highest BCUT2D eigenvalue weighted by molar-refractivity contribution is 7.91. The van der Waals surface area contributed by atoms with Crippen LogP contribution in [0.25, 0.3) is 0 Å². The number of ether oxygens (including phenoxy) is 1. The standard InChI is InChI=1S/C36H51N3O4S/c40-35(29-20-21-36(34(24-29)43-27-38-36)30-12-7-4-2-1-3-5-8-13-30)37-26-28-16-18-32(19-17-28)44(41,42)33-15-11-14-31(25-33)39-22-9-6-10-23-39/h11,14-19,25,29-30,34,38H,1-10,12-13,20-24,26-27H2,(H,37,40). The highest BCUT2D eigenvalue weighted by atomic mass is 32.2. The summed E-state index contributed by atoms with van der Waals surface area (Å²) in [6, 6.07) is 14.3. The van der Waals surface area contributed by atoms with Crippen molar-refractivity contribution in [3.8, 4) is 0 Å². The molecule has 0 bridgehead atoms. The van der Waals surface area contributed by atoms with E-state index in [4.69, 9.17) is 4.74 Å². The highest BCUT2D eigenvalue weighted by Gasteiger charge is 2.52. The molecule has 0 aromatic heterocycles. The lowest BCUT2D eigenvalue weighted by Gasteiger charge is -2.46. The van der Waals surface area contributed by atoms with Crippen LogP contribution in [0.4, 0.5) is 5.69 Å². The Hall–Kier alpha value is -2.42. The summed E-state index contributed by atoms with van der Waals surface area (Å²) < 4.78 is 33.2. The first kappa shape index (κ1) is 31.6. The van der Waals surface area contributed by atoms with E-state index in [1.807, 2.05) is 24.3 Å². The maximum absolute atomic E-state index is 13.4. The predicted octanol–water partition coefficient (Wildman–Crippen LogP) is 6.75. The number of piperidine rings is 1. The van der Waals surface area contributed by atoms with Crippen molar-refractivity contribution in [1.82, 2.24) is 10.6 Å². The van der Waals surface area contributed by atoms with Crippen molar-refractivity contribution >= 4 is 21.4 Å². The van der Waals surface area contributed by atoms with Gasteiger partial charge in [-0.25, -0.2) is 8.42 Å². The lowest BCUT2D eigenvalue weighted by atomic mass is 9.65. The van der Waals surface area contributed by atoms with Crippen LogP contribution in [0.3, 0.4) is 0 Å². The molecule has 6 rings (SSSR count). The lowest BCUT2D eigenvalue weighted by Crippen LogP contribution is -2.58. The number of benzene rings is 2. The molecule has 2 heterocycles. The minimum atomic E-state index is -3.63. The fourth-order valence-corrected chi connectivity index (χ4v) is 9.59. The normalized spacial score (nSPS) is 27.4. The van der Waals surface area contributed by atoms with E-state index >= 15 is 0 Å². The molecule has 240 valence electrons. The summed E-state index contributed by atoms with van der Waals surface area (Å²) in [7, 11) is -3.63. The van der Waals surface area contributed by atoms with Gasteiger partial charge in [0, 0.05) is 36.8 Å². The largest absolute Gasteiger partial charge is 0.372 e. The van der Waals surface area contributed by atoms with Crippen molar-refractivity contribution in [3.63, 3.8) is 0 Å². The number of hydrogen-bond acceptors (Lipinski definition) is 6. The van der Waals surface area contributed by atoms with E-state index in [2.05, 4.69) is 15.5 Å². The Morgan fingerprint density at radius 2 is 1.55 bits per heavy atom. The number of carbonyl (C=O) groups is 1. The Kier molecular flexibility index (Phi) is 10.3. The molecule has 2 N–H and O–H groups in total.